The van der Waals surface area contributed by atoms with E-state index in [9.17, 15) is 4.79 Å². The molecule has 6 nitrogen and oxygen atoms in total. The Morgan fingerprint density at radius 1 is 1.14 bits per heavy atom. The first kappa shape index (κ1) is 22.3. The standard InChI is InChI=1S/C23H30N2O4/c1-6-8-17-11-12-21(22(13-17)28-5)29-16-23(26)24-15-20(25(2)3)18-9-7-10-19(14-18)27-4/h6-7,9-14,20H,1,8,15-16H2,2-5H3,(H,24,26). The van der Waals surface area contributed by atoms with E-state index in [0.29, 0.717) is 18.0 Å². The van der Waals surface area contributed by atoms with Gasteiger partial charge in [-0.3, -0.25) is 4.79 Å². The summed E-state index contributed by atoms with van der Waals surface area (Å²) in [7, 11) is 7.17. The number of hydrogen-bond donors (Lipinski definition) is 1. The van der Waals surface area contributed by atoms with Gasteiger partial charge in [0.2, 0.25) is 0 Å². The van der Waals surface area contributed by atoms with Crippen LogP contribution in [0.5, 0.6) is 17.2 Å². The Balaban J connectivity index is 1.95. The quantitative estimate of drug-likeness (QED) is 0.589. The summed E-state index contributed by atoms with van der Waals surface area (Å²) in [5, 5.41) is 2.94. The van der Waals surface area contributed by atoms with Crippen molar-refractivity contribution in [3.8, 4) is 17.2 Å². The topological polar surface area (TPSA) is 60.0 Å². The lowest BCUT2D eigenvalue weighted by Gasteiger charge is -2.25. The van der Waals surface area contributed by atoms with Gasteiger partial charge in [0.15, 0.2) is 18.1 Å². The van der Waals surface area contributed by atoms with Crippen LogP contribution in [0, 0.1) is 0 Å². The number of carbonyl (C=O) groups excluding carboxylic acids is 1. The molecule has 0 aliphatic rings. The van der Waals surface area contributed by atoms with Crippen LogP contribution in [-0.2, 0) is 11.2 Å². The number of nitrogens with one attached hydrogen (secondary N) is 1. The van der Waals surface area contributed by atoms with E-state index in [2.05, 4.69) is 16.8 Å². The maximum atomic E-state index is 12.3. The second-order valence-electron chi connectivity index (χ2n) is 6.83. The number of ether oxygens (including phenoxy) is 3. The zero-order chi connectivity index (χ0) is 21.2. The van der Waals surface area contributed by atoms with E-state index in [1.165, 1.54) is 0 Å². The van der Waals surface area contributed by atoms with Crippen molar-refractivity contribution in [2.45, 2.75) is 12.5 Å². The molecule has 1 amide bonds. The third-order valence-electron chi connectivity index (χ3n) is 4.56. The fraction of sp³-hybridized carbons (Fsp3) is 0.348. The molecule has 0 heterocycles. The number of benzene rings is 2. The van der Waals surface area contributed by atoms with Crippen molar-refractivity contribution in [3.63, 3.8) is 0 Å². The van der Waals surface area contributed by atoms with Crippen molar-refractivity contribution in [3.05, 3.63) is 66.2 Å². The second-order valence-corrected chi connectivity index (χ2v) is 6.83. The second kappa shape index (κ2) is 11.1. The molecule has 2 rings (SSSR count). The van der Waals surface area contributed by atoms with Gasteiger partial charge in [-0.2, -0.15) is 0 Å². The van der Waals surface area contributed by atoms with Gasteiger partial charge < -0.3 is 24.4 Å². The molecule has 0 saturated carbocycles. The van der Waals surface area contributed by atoms with Gasteiger partial charge in [0.1, 0.15) is 5.75 Å². The number of likely N-dealkylation sites (N-methyl/N-ethyl adjacent to an activating group) is 1. The maximum Gasteiger partial charge on any atom is 0.258 e. The van der Waals surface area contributed by atoms with Gasteiger partial charge in [-0.25, -0.2) is 0 Å². The van der Waals surface area contributed by atoms with Crippen LogP contribution in [0.25, 0.3) is 0 Å². The van der Waals surface area contributed by atoms with Gasteiger partial charge in [0.05, 0.1) is 20.3 Å². The molecule has 0 aromatic heterocycles. The van der Waals surface area contributed by atoms with Crippen LogP contribution in [0.3, 0.4) is 0 Å². The summed E-state index contributed by atoms with van der Waals surface area (Å²) in [6.07, 6.45) is 2.57. The average molecular weight is 399 g/mol. The molecule has 0 fully saturated rings. The van der Waals surface area contributed by atoms with Gasteiger partial charge in [0, 0.05) is 6.54 Å². The van der Waals surface area contributed by atoms with Gasteiger partial charge in [-0.1, -0.05) is 24.3 Å². The van der Waals surface area contributed by atoms with Gasteiger partial charge in [-0.15, -0.1) is 6.58 Å². The van der Waals surface area contributed by atoms with Gasteiger partial charge >= 0.3 is 0 Å². The molecular weight excluding hydrogens is 368 g/mol. The summed E-state index contributed by atoms with van der Waals surface area (Å²) in [4.78, 5) is 14.4. The third-order valence-corrected chi connectivity index (χ3v) is 4.56. The molecule has 1 N–H and O–H groups in total. The fourth-order valence-electron chi connectivity index (χ4n) is 2.98. The number of allylic oxidation sites excluding steroid dienone is 1. The molecule has 156 valence electrons. The van der Waals surface area contributed by atoms with Crippen LogP contribution >= 0.6 is 0 Å². The van der Waals surface area contributed by atoms with E-state index < -0.39 is 0 Å². The first-order valence-electron chi connectivity index (χ1n) is 9.46. The molecule has 0 aliphatic carbocycles. The summed E-state index contributed by atoms with van der Waals surface area (Å²) in [5.74, 6) is 1.72. The number of rotatable bonds is 11. The summed E-state index contributed by atoms with van der Waals surface area (Å²) in [5.41, 5.74) is 2.14. The molecule has 0 aliphatic heterocycles. The number of nitrogens with zero attached hydrogens (tertiary/aromatic N) is 1. The van der Waals surface area contributed by atoms with E-state index in [4.69, 9.17) is 14.2 Å². The molecule has 2 aromatic rings. The van der Waals surface area contributed by atoms with Crippen LogP contribution < -0.4 is 19.5 Å². The predicted molar refractivity (Wildman–Crippen MR) is 115 cm³/mol. The van der Waals surface area contributed by atoms with Crippen LogP contribution in [0.2, 0.25) is 0 Å². The molecule has 0 spiro atoms. The maximum absolute atomic E-state index is 12.3. The van der Waals surface area contributed by atoms with Crippen molar-refractivity contribution < 1.29 is 19.0 Å². The summed E-state index contributed by atoms with van der Waals surface area (Å²) in [6.45, 7) is 4.10. The highest BCUT2D eigenvalue weighted by atomic mass is 16.5. The molecule has 2 aromatic carbocycles. The molecule has 0 bridgehead atoms. The number of methoxy groups -OCH3 is 2. The van der Waals surface area contributed by atoms with Crippen molar-refractivity contribution in [2.24, 2.45) is 0 Å². The Morgan fingerprint density at radius 3 is 2.59 bits per heavy atom. The highest BCUT2D eigenvalue weighted by Crippen LogP contribution is 2.28. The van der Waals surface area contributed by atoms with Crippen LogP contribution in [0.4, 0.5) is 0 Å². The Kier molecular flexibility index (Phi) is 8.55. The number of amides is 1. The van der Waals surface area contributed by atoms with Crippen molar-refractivity contribution >= 4 is 5.91 Å². The SMILES string of the molecule is C=CCc1ccc(OCC(=O)NCC(c2cccc(OC)c2)N(C)C)c(OC)c1. The van der Waals surface area contributed by atoms with E-state index in [1.54, 1.807) is 14.2 Å². The lowest BCUT2D eigenvalue weighted by atomic mass is 10.1. The third kappa shape index (κ3) is 6.54. The number of carbonyl (C=O) groups is 1. The highest BCUT2D eigenvalue weighted by Gasteiger charge is 2.16. The van der Waals surface area contributed by atoms with Crippen molar-refractivity contribution in [1.29, 1.82) is 0 Å². The monoisotopic (exact) mass is 398 g/mol. The molecule has 1 unspecified atom stereocenters. The lowest BCUT2D eigenvalue weighted by Crippen LogP contribution is -2.36. The van der Waals surface area contributed by atoms with Crippen LogP contribution in [-0.4, -0.2) is 52.3 Å². The molecule has 6 heteroatoms. The Labute approximate surface area is 173 Å². The summed E-state index contributed by atoms with van der Waals surface area (Å²) >= 11 is 0. The predicted octanol–water partition coefficient (Wildman–Crippen LogP) is 3.23. The molecule has 0 saturated heterocycles. The van der Waals surface area contributed by atoms with Crippen molar-refractivity contribution in [2.75, 3.05) is 41.5 Å². The van der Waals surface area contributed by atoms with Crippen LogP contribution in [0.15, 0.2) is 55.1 Å². The van der Waals surface area contributed by atoms with E-state index in [1.807, 2.05) is 62.6 Å². The molecule has 0 radical (unpaired) electrons. The van der Waals surface area contributed by atoms with E-state index in [0.717, 1.165) is 23.3 Å². The van der Waals surface area contributed by atoms with Gasteiger partial charge in [0.25, 0.3) is 5.91 Å². The summed E-state index contributed by atoms with van der Waals surface area (Å²) < 4.78 is 16.3. The average Bonchev–Trinajstić information content (AvgIpc) is 2.73. The normalized spacial score (nSPS) is 11.6. The highest BCUT2D eigenvalue weighted by molar-refractivity contribution is 5.77. The molecular formula is C23H30N2O4. The Morgan fingerprint density at radius 2 is 1.93 bits per heavy atom. The Hall–Kier alpha value is -2.99. The summed E-state index contributed by atoms with van der Waals surface area (Å²) in [6, 6.07) is 13.5. The smallest absolute Gasteiger partial charge is 0.258 e. The van der Waals surface area contributed by atoms with Gasteiger partial charge in [-0.05, 0) is 55.9 Å². The zero-order valence-corrected chi connectivity index (χ0v) is 17.6. The largest absolute Gasteiger partial charge is 0.497 e. The minimum Gasteiger partial charge on any atom is -0.497 e. The zero-order valence-electron chi connectivity index (χ0n) is 17.6. The van der Waals surface area contributed by atoms with E-state index in [-0.39, 0.29) is 18.6 Å². The van der Waals surface area contributed by atoms with E-state index >= 15 is 0 Å². The number of hydrogen-bond acceptors (Lipinski definition) is 5. The first-order chi connectivity index (χ1) is 14.0. The fourth-order valence-corrected chi connectivity index (χ4v) is 2.98. The molecule has 29 heavy (non-hydrogen) atoms. The Bertz CT molecular complexity index is 820. The minimum atomic E-state index is -0.197. The van der Waals surface area contributed by atoms with Crippen LogP contribution in [0.1, 0.15) is 17.2 Å². The van der Waals surface area contributed by atoms with Crippen molar-refractivity contribution in [1.82, 2.24) is 10.2 Å². The lowest BCUT2D eigenvalue weighted by molar-refractivity contribution is -0.123. The first-order valence-corrected chi connectivity index (χ1v) is 9.46. The molecule has 1 atom stereocenters. The minimum absolute atomic E-state index is 0.0155.